The van der Waals surface area contributed by atoms with E-state index in [2.05, 4.69) is 38.2 Å². The minimum Gasteiger partial charge on any atom is -0.457 e. The van der Waals surface area contributed by atoms with Crippen molar-refractivity contribution < 1.29 is 4.74 Å². The van der Waals surface area contributed by atoms with E-state index in [0.29, 0.717) is 6.04 Å². The van der Waals surface area contributed by atoms with Gasteiger partial charge in [0.2, 0.25) is 0 Å². The Morgan fingerprint density at radius 2 is 1.71 bits per heavy atom. The van der Waals surface area contributed by atoms with E-state index in [0.717, 1.165) is 35.1 Å². The molecule has 0 atom stereocenters. The van der Waals surface area contributed by atoms with Gasteiger partial charge in [-0.2, -0.15) is 0 Å². The fraction of sp³-hybridized carbons (Fsp3) is 0.333. The number of benzene rings is 2. The Morgan fingerprint density at radius 1 is 1.05 bits per heavy atom. The molecule has 0 radical (unpaired) electrons. The van der Waals surface area contributed by atoms with Crippen LogP contribution in [0, 0.1) is 0 Å². The minimum absolute atomic E-state index is 0.488. The number of hydrogen-bond donors (Lipinski definition) is 1. The fourth-order valence-electron chi connectivity index (χ4n) is 2.02. The number of rotatable bonds is 6. The maximum Gasteiger partial charge on any atom is 0.127 e. The van der Waals surface area contributed by atoms with Crippen LogP contribution in [0.5, 0.6) is 11.5 Å². The van der Waals surface area contributed by atoms with Crippen LogP contribution in [0.1, 0.15) is 31.9 Å². The minimum atomic E-state index is 0.488. The molecule has 0 aromatic heterocycles. The first-order chi connectivity index (χ1) is 10.1. The largest absolute Gasteiger partial charge is 0.457 e. The van der Waals surface area contributed by atoms with Crippen molar-refractivity contribution in [3.8, 4) is 11.5 Å². The number of aryl methyl sites for hydroxylation is 1. The van der Waals surface area contributed by atoms with Crippen LogP contribution in [-0.2, 0) is 13.0 Å². The van der Waals surface area contributed by atoms with Crippen LogP contribution in [0.25, 0.3) is 0 Å². The van der Waals surface area contributed by atoms with Crippen molar-refractivity contribution in [2.75, 3.05) is 0 Å². The van der Waals surface area contributed by atoms with E-state index in [9.17, 15) is 0 Å². The molecule has 0 amide bonds. The molecule has 0 aliphatic heterocycles. The molecule has 2 rings (SSSR count). The number of halogens is 1. The highest BCUT2D eigenvalue weighted by molar-refractivity contribution is 6.31. The van der Waals surface area contributed by atoms with Crippen LogP contribution < -0.4 is 10.1 Å². The molecule has 2 nitrogen and oxygen atoms in total. The van der Waals surface area contributed by atoms with Gasteiger partial charge in [0, 0.05) is 17.6 Å². The predicted octanol–water partition coefficient (Wildman–Crippen LogP) is 5.19. The Bertz CT molecular complexity index is 578. The highest BCUT2D eigenvalue weighted by Gasteiger charge is 2.03. The first-order valence-corrected chi connectivity index (χ1v) is 7.75. The summed E-state index contributed by atoms with van der Waals surface area (Å²) >= 11 is 6.12. The summed E-state index contributed by atoms with van der Waals surface area (Å²) < 4.78 is 5.88. The third-order valence-corrected chi connectivity index (χ3v) is 3.64. The van der Waals surface area contributed by atoms with Gasteiger partial charge in [-0.05, 0) is 47.9 Å². The summed E-state index contributed by atoms with van der Waals surface area (Å²) in [5.41, 5.74) is 2.35. The normalized spacial score (nSPS) is 10.9. The van der Waals surface area contributed by atoms with E-state index in [1.165, 1.54) is 5.56 Å². The molecule has 0 bridgehead atoms. The Morgan fingerprint density at radius 3 is 2.33 bits per heavy atom. The van der Waals surface area contributed by atoms with Crippen LogP contribution in [0.3, 0.4) is 0 Å². The SMILES string of the molecule is CCc1cc(Oc2ccc(CNC(C)C)cc2)ccc1Cl. The van der Waals surface area contributed by atoms with E-state index in [-0.39, 0.29) is 0 Å². The highest BCUT2D eigenvalue weighted by Crippen LogP contribution is 2.26. The van der Waals surface area contributed by atoms with Crippen LogP contribution in [0.4, 0.5) is 0 Å². The maximum absolute atomic E-state index is 6.12. The van der Waals surface area contributed by atoms with Crippen LogP contribution >= 0.6 is 11.6 Å². The van der Waals surface area contributed by atoms with Gasteiger partial charge in [-0.1, -0.05) is 44.5 Å². The van der Waals surface area contributed by atoms with Gasteiger partial charge in [0.15, 0.2) is 0 Å². The summed E-state index contributed by atoms with van der Waals surface area (Å²) in [4.78, 5) is 0. The topological polar surface area (TPSA) is 21.3 Å². The standard InChI is InChI=1S/C18H22ClNO/c1-4-15-11-17(9-10-18(15)19)21-16-7-5-14(6-8-16)12-20-13(2)3/h5-11,13,20H,4,12H2,1-3H3. The maximum atomic E-state index is 6.12. The smallest absolute Gasteiger partial charge is 0.127 e. The van der Waals surface area contributed by atoms with Crippen molar-refractivity contribution in [3.05, 3.63) is 58.6 Å². The van der Waals surface area contributed by atoms with Gasteiger partial charge in [-0.3, -0.25) is 0 Å². The van der Waals surface area contributed by atoms with E-state index in [1.807, 2.05) is 30.3 Å². The molecule has 0 saturated carbocycles. The van der Waals surface area contributed by atoms with Crippen LogP contribution in [0.15, 0.2) is 42.5 Å². The number of hydrogen-bond acceptors (Lipinski definition) is 2. The predicted molar refractivity (Wildman–Crippen MR) is 89.3 cm³/mol. The molecule has 0 saturated heterocycles. The molecule has 3 heteroatoms. The lowest BCUT2D eigenvalue weighted by Gasteiger charge is -2.10. The molecule has 2 aromatic rings. The lowest BCUT2D eigenvalue weighted by Crippen LogP contribution is -2.21. The van der Waals surface area contributed by atoms with Crippen LogP contribution in [0.2, 0.25) is 5.02 Å². The second kappa shape index (κ2) is 7.48. The van der Waals surface area contributed by atoms with Gasteiger partial charge >= 0.3 is 0 Å². The molecule has 1 N–H and O–H groups in total. The molecular weight excluding hydrogens is 282 g/mol. The monoisotopic (exact) mass is 303 g/mol. The summed E-state index contributed by atoms with van der Waals surface area (Å²) in [6.45, 7) is 7.24. The molecule has 112 valence electrons. The molecule has 0 aliphatic carbocycles. The zero-order valence-corrected chi connectivity index (χ0v) is 13.6. The highest BCUT2D eigenvalue weighted by atomic mass is 35.5. The fourth-order valence-corrected chi connectivity index (χ4v) is 2.27. The van der Waals surface area contributed by atoms with Gasteiger partial charge in [-0.25, -0.2) is 0 Å². The Hall–Kier alpha value is -1.51. The molecule has 0 unspecified atom stereocenters. The van der Waals surface area contributed by atoms with E-state index in [1.54, 1.807) is 0 Å². The second-order valence-corrected chi connectivity index (χ2v) is 5.80. The molecule has 21 heavy (non-hydrogen) atoms. The quantitative estimate of drug-likeness (QED) is 0.792. The van der Waals surface area contributed by atoms with E-state index >= 15 is 0 Å². The second-order valence-electron chi connectivity index (χ2n) is 5.39. The summed E-state index contributed by atoms with van der Waals surface area (Å²) in [6, 6.07) is 14.4. The zero-order chi connectivity index (χ0) is 15.2. The van der Waals surface area contributed by atoms with Crippen LogP contribution in [-0.4, -0.2) is 6.04 Å². The van der Waals surface area contributed by atoms with Crippen molar-refractivity contribution in [2.45, 2.75) is 39.8 Å². The summed E-state index contributed by atoms with van der Waals surface area (Å²) in [6.07, 6.45) is 0.899. The van der Waals surface area contributed by atoms with E-state index < -0.39 is 0 Å². The van der Waals surface area contributed by atoms with Crippen molar-refractivity contribution in [3.63, 3.8) is 0 Å². The van der Waals surface area contributed by atoms with Crippen molar-refractivity contribution in [2.24, 2.45) is 0 Å². The summed E-state index contributed by atoms with van der Waals surface area (Å²) in [5.74, 6) is 1.66. The van der Waals surface area contributed by atoms with Crippen molar-refractivity contribution >= 4 is 11.6 Å². The third kappa shape index (κ3) is 4.76. The summed E-state index contributed by atoms with van der Waals surface area (Å²) in [5, 5.41) is 4.19. The molecule has 0 spiro atoms. The first-order valence-electron chi connectivity index (χ1n) is 7.37. The molecule has 0 aliphatic rings. The molecule has 2 aromatic carbocycles. The van der Waals surface area contributed by atoms with Gasteiger partial charge in [-0.15, -0.1) is 0 Å². The lowest BCUT2D eigenvalue weighted by molar-refractivity contribution is 0.481. The zero-order valence-electron chi connectivity index (χ0n) is 12.8. The summed E-state index contributed by atoms with van der Waals surface area (Å²) in [7, 11) is 0. The molecular formula is C18H22ClNO. The lowest BCUT2D eigenvalue weighted by atomic mass is 10.1. The number of nitrogens with one attached hydrogen (secondary N) is 1. The van der Waals surface area contributed by atoms with Gasteiger partial charge in [0.25, 0.3) is 0 Å². The Kier molecular flexibility index (Phi) is 5.66. The first kappa shape index (κ1) is 15.9. The molecule has 0 heterocycles. The molecule has 0 fully saturated rings. The van der Waals surface area contributed by atoms with Gasteiger partial charge in [0.1, 0.15) is 11.5 Å². The number of ether oxygens (including phenoxy) is 1. The van der Waals surface area contributed by atoms with Gasteiger partial charge in [0.05, 0.1) is 0 Å². The van der Waals surface area contributed by atoms with Crippen molar-refractivity contribution in [1.82, 2.24) is 5.32 Å². The Balaban J connectivity index is 2.03. The van der Waals surface area contributed by atoms with E-state index in [4.69, 9.17) is 16.3 Å². The third-order valence-electron chi connectivity index (χ3n) is 3.27. The van der Waals surface area contributed by atoms with Gasteiger partial charge < -0.3 is 10.1 Å². The average molecular weight is 304 g/mol. The average Bonchev–Trinajstić information content (AvgIpc) is 2.48. The Labute approximate surface area is 132 Å². The van der Waals surface area contributed by atoms with Crippen molar-refractivity contribution in [1.29, 1.82) is 0 Å².